The van der Waals surface area contributed by atoms with Crippen LogP contribution in [0.15, 0.2) is 54.7 Å². The highest BCUT2D eigenvalue weighted by Crippen LogP contribution is 2.27. The minimum atomic E-state index is 0.530. The highest BCUT2D eigenvalue weighted by Gasteiger charge is 2.09. The van der Waals surface area contributed by atoms with E-state index >= 15 is 0 Å². The van der Waals surface area contributed by atoms with E-state index in [4.69, 9.17) is 5.73 Å². The van der Waals surface area contributed by atoms with Crippen molar-refractivity contribution in [2.24, 2.45) is 5.73 Å². The number of imidazole rings is 1. The molecule has 2 aromatic heterocycles. The number of H-pyrrole nitrogens is 1. The molecule has 0 radical (unpaired) electrons. The van der Waals surface area contributed by atoms with Crippen LogP contribution < -0.4 is 5.73 Å². The van der Waals surface area contributed by atoms with Gasteiger partial charge in [0.15, 0.2) is 0 Å². The molecule has 0 aliphatic carbocycles. The lowest BCUT2D eigenvalue weighted by Crippen LogP contribution is -1.95. The van der Waals surface area contributed by atoms with Crippen LogP contribution in [-0.4, -0.2) is 15.0 Å². The van der Waals surface area contributed by atoms with Crippen LogP contribution in [0.25, 0.3) is 33.3 Å². The van der Waals surface area contributed by atoms with E-state index in [0.717, 1.165) is 38.9 Å². The fourth-order valence-corrected chi connectivity index (χ4v) is 2.62. The Hall–Kier alpha value is -2.72. The van der Waals surface area contributed by atoms with E-state index in [2.05, 4.69) is 33.2 Å². The first kappa shape index (κ1) is 12.1. The molecule has 0 atom stereocenters. The van der Waals surface area contributed by atoms with Crippen LogP contribution >= 0.6 is 0 Å². The molecule has 0 amide bonds. The van der Waals surface area contributed by atoms with Gasteiger partial charge >= 0.3 is 0 Å². The molecule has 4 heteroatoms. The molecule has 0 aliphatic heterocycles. The predicted molar refractivity (Wildman–Crippen MR) is 84.7 cm³/mol. The molecule has 102 valence electrons. The van der Waals surface area contributed by atoms with Gasteiger partial charge < -0.3 is 10.7 Å². The van der Waals surface area contributed by atoms with Gasteiger partial charge in [-0.05, 0) is 29.8 Å². The number of pyridine rings is 1. The summed E-state index contributed by atoms with van der Waals surface area (Å²) in [5.74, 6) is 0.859. The standard InChI is InChI=1S/C17H14N4/c18-10-11-6-7-15-16(9-11)21-17(20-15)13-3-1-5-14-12(13)4-2-8-19-14/h1-9H,10,18H2,(H,20,21). The molecule has 4 aromatic rings. The first-order valence-corrected chi connectivity index (χ1v) is 6.88. The number of benzene rings is 2. The van der Waals surface area contributed by atoms with Crippen LogP contribution in [0, 0.1) is 0 Å². The van der Waals surface area contributed by atoms with Crippen molar-refractivity contribution in [2.45, 2.75) is 6.54 Å². The van der Waals surface area contributed by atoms with E-state index in [-0.39, 0.29) is 0 Å². The second kappa shape index (κ2) is 4.68. The molecule has 2 aromatic carbocycles. The summed E-state index contributed by atoms with van der Waals surface area (Å²) in [6.07, 6.45) is 1.80. The van der Waals surface area contributed by atoms with E-state index < -0.39 is 0 Å². The number of fused-ring (bicyclic) bond motifs is 2. The van der Waals surface area contributed by atoms with Gasteiger partial charge in [-0.2, -0.15) is 0 Å². The number of nitrogens with one attached hydrogen (secondary N) is 1. The van der Waals surface area contributed by atoms with Crippen molar-refractivity contribution in [3.63, 3.8) is 0 Å². The lowest BCUT2D eigenvalue weighted by Gasteiger charge is -2.02. The molecular formula is C17H14N4. The van der Waals surface area contributed by atoms with Gasteiger partial charge in [0.2, 0.25) is 0 Å². The summed E-state index contributed by atoms with van der Waals surface area (Å²) in [5, 5.41) is 1.10. The molecule has 0 saturated heterocycles. The van der Waals surface area contributed by atoms with E-state index in [0.29, 0.717) is 6.54 Å². The molecule has 21 heavy (non-hydrogen) atoms. The third kappa shape index (κ3) is 1.97. The Bertz CT molecular complexity index is 934. The second-order valence-electron chi connectivity index (χ2n) is 5.02. The number of hydrogen-bond acceptors (Lipinski definition) is 3. The minimum absolute atomic E-state index is 0.530. The van der Waals surface area contributed by atoms with Crippen LogP contribution in [-0.2, 0) is 6.54 Å². The quantitative estimate of drug-likeness (QED) is 0.589. The van der Waals surface area contributed by atoms with Crippen molar-refractivity contribution in [1.29, 1.82) is 0 Å². The summed E-state index contributed by atoms with van der Waals surface area (Å²) in [6.45, 7) is 0.530. The van der Waals surface area contributed by atoms with Gasteiger partial charge in [-0.15, -0.1) is 0 Å². The third-order valence-corrected chi connectivity index (χ3v) is 3.68. The Morgan fingerprint density at radius 1 is 1.00 bits per heavy atom. The van der Waals surface area contributed by atoms with Gasteiger partial charge in [0.1, 0.15) is 5.82 Å². The first-order valence-electron chi connectivity index (χ1n) is 6.88. The Labute approximate surface area is 121 Å². The van der Waals surface area contributed by atoms with E-state index in [1.54, 1.807) is 6.20 Å². The molecule has 0 fully saturated rings. The number of nitrogens with zero attached hydrogens (tertiary/aromatic N) is 2. The monoisotopic (exact) mass is 274 g/mol. The molecule has 4 nitrogen and oxygen atoms in total. The molecule has 4 rings (SSSR count). The Morgan fingerprint density at radius 3 is 2.86 bits per heavy atom. The Kier molecular flexibility index (Phi) is 2.69. The summed E-state index contributed by atoms with van der Waals surface area (Å²) in [7, 11) is 0. The third-order valence-electron chi connectivity index (χ3n) is 3.68. The predicted octanol–water partition coefficient (Wildman–Crippen LogP) is 3.24. The maximum Gasteiger partial charge on any atom is 0.139 e. The fourth-order valence-electron chi connectivity index (χ4n) is 2.62. The first-order chi connectivity index (χ1) is 10.3. The Balaban J connectivity index is 1.96. The van der Waals surface area contributed by atoms with Crippen LogP contribution in [0.5, 0.6) is 0 Å². The average molecular weight is 274 g/mol. The number of aromatic amines is 1. The summed E-state index contributed by atoms with van der Waals surface area (Å²) in [6, 6.07) is 16.1. The van der Waals surface area contributed by atoms with Crippen molar-refractivity contribution >= 4 is 21.9 Å². The highest BCUT2D eigenvalue weighted by molar-refractivity contribution is 5.94. The summed E-state index contributed by atoms with van der Waals surface area (Å²) in [4.78, 5) is 12.5. The topological polar surface area (TPSA) is 67.6 Å². The number of hydrogen-bond donors (Lipinski definition) is 2. The zero-order valence-electron chi connectivity index (χ0n) is 11.4. The molecule has 3 N–H and O–H groups in total. The maximum atomic E-state index is 5.69. The van der Waals surface area contributed by atoms with Gasteiger partial charge in [-0.1, -0.05) is 24.3 Å². The summed E-state index contributed by atoms with van der Waals surface area (Å²) in [5.41, 5.74) is 10.8. The molecule has 0 aliphatic rings. The molecular weight excluding hydrogens is 260 g/mol. The summed E-state index contributed by atoms with van der Waals surface area (Å²) < 4.78 is 0. The number of aromatic nitrogens is 3. The van der Waals surface area contributed by atoms with Crippen LogP contribution in [0.3, 0.4) is 0 Å². The molecule has 2 heterocycles. The second-order valence-corrected chi connectivity index (χ2v) is 5.02. The summed E-state index contributed by atoms with van der Waals surface area (Å²) >= 11 is 0. The van der Waals surface area contributed by atoms with E-state index in [1.165, 1.54) is 0 Å². The van der Waals surface area contributed by atoms with Gasteiger partial charge in [-0.25, -0.2) is 4.98 Å². The fraction of sp³-hybridized carbons (Fsp3) is 0.0588. The average Bonchev–Trinajstić information content (AvgIpc) is 2.97. The zero-order valence-corrected chi connectivity index (χ0v) is 11.4. The maximum absolute atomic E-state index is 5.69. The van der Waals surface area contributed by atoms with Crippen LogP contribution in [0.2, 0.25) is 0 Å². The lowest BCUT2D eigenvalue weighted by molar-refractivity contribution is 1.07. The van der Waals surface area contributed by atoms with Crippen LogP contribution in [0.1, 0.15) is 5.56 Å². The molecule has 0 unspecified atom stereocenters. The van der Waals surface area contributed by atoms with Crippen molar-refractivity contribution < 1.29 is 0 Å². The highest BCUT2D eigenvalue weighted by atomic mass is 14.9. The smallest absolute Gasteiger partial charge is 0.139 e. The Morgan fingerprint density at radius 2 is 1.95 bits per heavy atom. The van der Waals surface area contributed by atoms with Gasteiger partial charge in [0.25, 0.3) is 0 Å². The van der Waals surface area contributed by atoms with Crippen molar-refractivity contribution in [1.82, 2.24) is 15.0 Å². The largest absolute Gasteiger partial charge is 0.338 e. The van der Waals surface area contributed by atoms with Gasteiger partial charge in [0, 0.05) is 23.7 Å². The molecule has 0 spiro atoms. The van der Waals surface area contributed by atoms with Crippen molar-refractivity contribution in [3.8, 4) is 11.4 Å². The lowest BCUT2D eigenvalue weighted by atomic mass is 10.1. The van der Waals surface area contributed by atoms with Gasteiger partial charge in [-0.3, -0.25) is 4.98 Å². The van der Waals surface area contributed by atoms with E-state index in [9.17, 15) is 0 Å². The molecule has 0 bridgehead atoms. The number of nitrogens with two attached hydrogens (primary N) is 1. The minimum Gasteiger partial charge on any atom is -0.338 e. The zero-order chi connectivity index (χ0) is 14.2. The van der Waals surface area contributed by atoms with Crippen LogP contribution in [0.4, 0.5) is 0 Å². The normalized spacial score (nSPS) is 11.3. The van der Waals surface area contributed by atoms with Crippen molar-refractivity contribution in [3.05, 3.63) is 60.3 Å². The SMILES string of the molecule is NCc1ccc2nc(-c3cccc4ncccc34)[nH]c2c1. The molecule has 0 saturated carbocycles. The van der Waals surface area contributed by atoms with Gasteiger partial charge in [0.05, 0.1) is 16.6 Å². The van der Waals surface area contributed by atoms with Crippen molar-refractivity contribution in [2.75, 3.05) is 0 Å². The number of rotatable bonds is 2. The van der Waals surface area contributed by atoms with E-state index in [1.807, 2.05) is 30.3 Å².